The molecule has 0 bridgehead atoms. The first kappa shape index (κ1) is 20.5. The number of nitriles is 1. The lowest BCUT2D eigenvalue weighted by molar-refractivity contribution is 0.0724. The Balaban J connectivity index is 1.78. The van der Waals surface area contributed by atoms with Gasteiger partial charge in [0.05, 0.1) is 11.6 Å². The molecule has 0 atom stereocenters. The monoisotopic (exact) mass is 393 g/mol. The molecule has 0 radical (unpaired) electrons. The van der Waals surface area contributed by atoms with Crippen molar-refractivity contribution in [2.24, 2.45) is 0 Å². The van der Waals surface area contributed by atoms with Crippen molar-refractivity contribution in [3.8, 4) is 11.8 Å². The molecule has 0 fully saturated rings. The quantitative estimate of drug-likeness (QED) is 0.424. The van der Waals surface area contributed by atoms with Crippen LogP contribution in [0.5, 0.6) is 5.75 Å². The molecule has 148 valence electrons. The number of rotatable bonds is 6. The lowest BCUT2D eigenvalue weighted by Crippen LogP contribution is -2.14. The number of carbonyl (C=O) groups excluding carboxylic acids is 1. The van der Waals surface area contributed by atoms with Gasteiger partial charge in [0.1, 0.15) is 22.9 Å². The Hall–Kier alpha value is -3.26. The molecular weight excluding hydrogens is 372 g/mol. The van der Waals surface area contributed by atoms with Crippen LogP contribution in [0.25, 0.3) is 5.57 Å². The van der Waals surface area contributed by atoms with Gasteiger partial charge in [0.15, 0.2) is 0 Å². The zero-order valence-corrected chi connectivity index (χ0v) is 16.2. The first-order valence-corrected chi connectivity index (χ1v) is 9.62. The predicted octanol–water partition coefficient (Wildman–Crippen LogP) is 6.35. The highest BCUT2D eigenvalue weighted by atomic mass is 19.1. The molecule has 2 aromatic rings. The molecule has 0 unspecified atom stereocenters. The van der Waals surface area contributed by atoms with Crippen LogP contribution in [0.1, 0.15) is 60.5 Å². The molecule has 29 heavy (non-hydrogen) atoms. The highest BCUT2D eigenvalue weighted by molar-refractivity contribution is 5.92. The molecule has 2 aromatic carbocycles. The van der Waals surface area contributed by atoms with Crippen molar-refractivity contribution in [2.45, 2.75) is 39.0 Å². The van der Waals surface area contributed by atoms with Crippen molar-refractivity contribution in [3.63, 3.8) is 0 Å². The van der Waals surface area contributed by atoms with Gasteiger partial charge in [-0.1, -0.05) is 31.1 Å². The summed E-state index contributed by atoms with van der Waals surface area (Å²) in [6, 6.07) is 10.00. The number of ether oxygens (including phenoxy) is 1. The van der Waals surface area contributed by atoms with Crippen LogP contribution in [0.15, 0.2) is 54.1 Å². The minimum Gasteiger partial charge on any atom is -0.423 e. The molecule has 1 aliphatic rings. The molecule has 0 amide bonds. The molecule has 1 aliphatic carbocycles. The van der Waals surface area contributed by atoms with Gasteiger partial charge in [-0.2, -0.15) is 5.26 Å². The Kier molecular flexibility index (Phi) is 6.56. The summed E-state index contributed by atoms with van der Waals surface area (Å²) in [5, 5.41) is 8.78. The van der Waals surface area contributed by atoms with Gasteiger partial charge in [0.25, 0.3) is 0 Å². The van der Waals surface area contributed by atoms with Gasteiger partial charge >= 0.3 is 5.97 Å². The van der Waals surface area contributed by atoms with Gasteiger partial charge in [-0.15, -0.1) is 0 Å². The molecule has 0 aromatic heterocycles. The summed E-state index contributed by atoms with van der Waals surface area (Å²) >= 11 is 0. The normalized spacial score (nSPS) is 13.3. The summed E-state index contributed by atoms with van der Waals surface area (Å²) in [5.74, 6) is -2.92. The van der Waals surface area contributed by atoms with E-state index >= 15 is 0 Å². The van der Waals surface area contributed by atoms with Crippen molar-refractivity contribution in [1.82, 2.24) is 0 Å². The van der Waals surface area contributed by atoms with Crippen molar-refractivity contribution in [1.29, 1.82) is 5.26 Å². The molecule has 0 heterocycles. The second-order valence-corrected chi connectivity index (χ2v) is 6.96. The lowest BCUT2D eigenvalue weighted by atomic mass is 9.90. The van der Waals surface area contributed by atoms with Crippen LogP contribution < -0.4 is 4.74 Å². The first-order chi connectivity index (χ1) is 14.0. The zero-order chi connectivity index (χ0) is 20.8. The van der Waals surface area contributed by atoms with Gasteiger partial charge in [0, 0.05) is 0 Å². The third-order valence-electron chi connectivity index (χ3n) is 4.90. The number of hydrogen-bond donors (Lipinski definition) is 0. The van der Waals surface area contributed by atoms with Crippen molar-refractivity contribution in [3.05, 3.63) is 82.4 Å². The van der Waals surface area contributed by atoms with E-state index in [2.05, 4.69) is 6.92 Å². The maximum atomic E-state index is 14.6. The molecule has 0 saturated carbocycles. The number of unbranched alkanes of at least 4 members (excludes halogenated alkanes) is 1. The fourth-order valence-electron chi connectivity index (χ4n) is 3.24. The van der Waals surface area contributed by atoms with Gasteiger partial charge in [0.2, 0.25) is 0 Å². The van der Waals surface area contributed by atoms with Crippen LogP contribution in [-0.4, -0.2) is 5.97 Å². The first-order valence-electron chi connectivity index (χ1n) is 9.62. The van der Waals surface area contributed by atoms with Gasteiger partial charge < -0.3 is 4.74 Å². The standard InChI is InChI=1S/C24H21F2NO2/c1-2-3-4-16-5-9-18(10-6-16)19-13-21(25)23(22(26)14-19)24(28)29-20-11-7-17(15-27)8-12-20/h5,7-9,11-14H,2-4,6,10H2,1H3. The fourth-order valence-corrected chi connectivity index (χ4v) is 3.24. The summed E-state index contributed by atoms with van der Waals surface area (Å²) in [7, 11) is 0. The second-order valence-electron chi connectivity index (χ2n) is 6.96. The van der Waals surface area contributed by atoms with E-state index in [1.165, 1.54) is 42.0 Å². The number of halogens is 2. The van der Waals surface area contributed by atoms with Gasteiger partial charge in [-0.3, -0.25) is 0 Å². The minimum absolute atomic E-state index is 0.108. The molecule has 5 heteroatoms. The summed E-state index contributed by atoms with van der Waals surface area (Å²) in [4.78, 5) is 12.2. The number of esters is 1. The van der Waals surface area contributed by atoms with E-state index < -0.39 is 23.2 Å². The summed E-state index contributed by atoms with van der Waals surface area (Å²) in [6.07, 6.45) is 8.82. The van der Waals surface area contributed by atoms with Crippen LogP contribution in [-0.2, 0) is 0 Å². The topological polar surface area (TPSA) is 50.1 Å². The van der Waals surface area contributed by atoms with Crippen molar-refractivity contribution < 1.29 is 18.3 Å². The van der Waals surface area contributed by atoms with Gasteiger partial charge in [-0.25, -0.2) is 13.6 Å². The van der Waals surface area contributed by atoms with Crippen molar-refractivity contribution >= 4 is 11.5 Å². The lowest BCUT2D eigenvalue weighted by Gasteiger charge is -2.16. The van der Waals surface area contributed by atoms with Crippen LogP contribution in [0.3, 0.4) is 0 Å². The zero-order valence-electron chi connectivity index (χ0n) is 16.2. The Bertz CT molecular complexity index is 991. The summed E-state index contributed by atoms with van der Waals surface area (Å²) in [5.41, 5.74) is 2.28. The van der Waals surface area contributed by atoms with E-state index in [0.717, 1.165) is 31.3 Å². The van der Waals surface area contributed by atoms with E-state index in [1.807, 2.05) is 18.2 Å². The third-order valence-corrected chi connectivity index (χ3v) is 4.90. The largest absolute Gasteiger partial charge is 0.423 e. The molecular formula is C24H21F2NO2. The van der Waals surface area contributed by atoms with Crippen LogP contribution >= 0.6 is 0 Å². The minimum atomic E-state index is -1.12. The molecule has 3 nitrogen and oxygen atoms in total. The van der Waals surface area contributed by atoms with E-state index in [4.69, 9.17) is 10.00 Å². The number of hydrogen-bond acceptors (Lipinski definition) is 3. The smallest absolute Gasteiger partial charge is 0.349 e. The van der Waals surface area contributed by atoms with Crippen molar-refractivity contribution in [2.75, 3.05) is 0 Å². The Labute approximate surface area is 168 Å². The van der Waals surface area contributed by atoms with E-state index in [9.17, 15) is 13.6 Å². The molecule has 0 spiro atoms. The number of nitrogens with zero attached hydrogens (tertiary/aromatic N) is 1. The average molecular weight is 393 g/mol. The van der Waals surface area contributed by atoms with Gasteiger partial charge in [-0.05, 0) is 73.2 Å². The predicted molar refractivity (Wildman–Crippen MR) is 107 cm³/mol. The maximum absolute atomic E-state index is 14.6. The van der Waals surface area contributed by atoms with E-state index in [0.29, 0.717) is 17.5 Å². The third kappa shape index (κ3) is 4.97. The van der Waals surface area contributed by atoms with Crippen LogP contribution in [0.4, 0.5) is 8.78 Å². The van der Waals surface area contributed by atoms with E-state index in [-0.39, 0.29) is 5.75 Å². The molecule has 0 aliphatic heterocycles. The fraction of sp³-hybridized carbons (Fsp3) is 0.250. The van der Waals surface area contributed by atoms with E-state index in [1.54, 1.807) is 0 Å². The number of benzene rings is 2. The molecule has 0 saturated heterocycles. The number of allylic oxidation sites excluding steroid dienone is 4. The van der Waals surface area contributed by atoms with Crippen LogP contribution in [0, 0.1) is 23.0 Å². The average Bonchev–Trinajstić information content (AvgIpc) is 2.72. The maximum Gasteiger partial charge on any atom is 0.349 e. The summed E-state index contributed by atoms with van der Waals surface area (Å²) < 4.78 is 34.2. The molecule has 3 rings (SSSR count). The Morgan fingerprint density at radius 2 is 1.79 bits per heavy atom. The SMILES string of the molecule is CCCCC1=CC=C(c2cc(F)c(C(=O)Oc3ccc(C#N)cc3)c(F)c2)CC1. The highest BCUT2D eigenvalue weighted by Gasteiger charge is 2.22. The highest BCUT2D eigenvalue weighted by Crippen LogP contribution is 2.31. The van der Waals surface area contributed by atoms with Crippen LogP contribution in [0.2, 0.25) is 0 Å². The Morgan fingerprint density at radius 1 is 1.10 bits per heavy atom. The number of carbonyl (C=O) groups is 1. The Morgan fingerprint density at radius 3 is 2.34 bits per heavy atom. The second kappa shape index (κ2) is 9.29. The molecule has 0 N–H and O–H groups in total. The summed E-state index contributed by atoms with van der Waals surface area (Å²) in [6.45, 7) is 2.14.